The number of sulfonamides is 1. The molecule has 7 nitrogen and oxygen atoms in total. The molecule has 1 saturated heterocycles. The van der Waals surface area contributed by atoms with Crippen LogP contribution in [0.3, 0.4) is 0 Å². The lowest BCUT2D eigenvalue weighted by molar-refractivity contribution is -0.137. The number of alkyl halides is 3. The zero-order valence-corrected chi connectivity index (χ0v) is 17.1. The second-order valence-corrected chi connectivity index (χ2v) is 9.50. The van der Waals surface area contributed by atoms with Gasteiger partial charge in [-0.05, 0) is 31.0 Å². The molecule has 1 aliphatic rings. The maximum atomic E-state index is 14.4. The number of hydrogen-bond donors (Lipinski definition) is 2. The van der Waals surface area contributed by atoms with Crippen molar-refractivity contribution < 1.29 is 31.1 Å². The van der Waals surface area contributed by atoms with Gasteiger partial charge in [0.25, 0.3) is 0 Å². The average molecular weight is 458 g/mol. The van der Waals surface area contributed by atoms with Crippen LogP contribution in [0.4, 0.5) is 17.6 Å². The van der Waals surface area contributed by atoms with Gasteiger partial charge in [0.15, 0.2) is 11.6 Å². The molecule has 1 aromatic carbocycles. The minimum atomic E-state index is -4.77. The molecule has 0 bridgehead atoms. The number of piperidine rings is 1. The molecule has 0 atom stereocenters. The molecule has 4 rings (SSSR count). The summed E-state index contributed by atoms with van der Waals surface area (Å²) in [7, 11) is -3.25. The second kappa shape index (κ2) is 7.45. The van der Waals surface area contributed by atoms with Gasteiger partial charge in [-0.2, -0.15) is 18.3 Å². The van der Waals surface area contributed by atoms with Crippen LogP contribution in [0.2, 0.25) is 0 Å². The van der Waals surface area contributed by atoms with E-state index in [0.29, 0.717) is 54.7 Å². The van der Waals surface area contributed by atoms with Crippen LogP contribution in [0, 0.1) is 5.82 Å². The van der Waals surface area contributed by atoms with Gasteiger partial charge in [-0.3, -0.25) is 10.1 Å². The van der Waals surface area contributed by atoms with Gasteiger partial charge in [-0.25, -0.2) is 17.1 Å². The van der Waals surface area contributed by atoms with Gasteiger partial charge >= 0.3 is 6.18 Å². The Morgan fingerprint density at radius 3 is 2.48 bits per heavy atom. The molecule has 12 heteroatoms. The molecule has 0 unspecified atom stereocenters. The van der Waals surface area contributed by atoms with E-state index in [1.54, 1.807) is 6.07 Å². The molecule has 3 aromatic rings. The monoisotopic (exact) mass is 458 g/mol. The molecule has 1 aliphatic heterocycles. The standard InChI is InChI=1S/C19H18F4N4O3S/c1-31(29,30)27-4-2-10(3-5-27)14-8-15-13(9-24-14)18(26-25-15)12-6-11(19(21,22)23)7-16(28)17(12)20/h6-10,28H,2-5H2,1H3,(H,25,26). The number of fused-ring (bicyclic) bond motifs is 1. The van der Waals surface area contributed by atoms with Crippen molar-refractivity contribution in [2.24, 2.45) is 0 Å². The number of aromatic amines is 1. The zero-order chi connectivity index (χ0) is 22.6. The number of halogens is 4. The highest BCUT2D eigenvalue weighted by atomic mass is 32.2. The van der Waals surface area contributed by atoms with Crippen molar-refractivity contribution in [3.63, 3.8) is 0 Å². The van der Waals surface area contributed by atoms with Crippen LogP contribution in [0.15, 0.2) is 24.4 Å². The molecule has 3 heterocycles. The highest BCUT2D eigenvalue weighted by Gasteiger charge is 2.33. The maximum absolute atomic E-state index is 14.4. The van der Waals surface area contributed by atoms with Gasteiger partial charge in [0.1, 0.15) is 5.69 Å². The van der Waals surface area contributed by atoms with E-state index >= 15 is 0 Å². The Bertz CT molecular complexity index is 1250. The second-order valence-electron chi connectivity index (χ2n) is 7.52. The zero-order valence-electron chi connectivity index (χ0n) is 16.2. The molecule has 0 radical (unpaired) electrons. The van der Waals surface area contributed by atoms with Crippen LogP contribution in [-0.4, -0.2) is 52.4 Å². The van der Waals surface area contributed by atoms with Gasteiger partial charge in [0.05, 0.1) is 17.3 Å². The molecule has 0 spiro atoms. The first-order valence-corrected chi connectivity index (χ1v) is 11.2. The van der Waals surface area contributed by atoms with Gasteiger partial charge in [-0.15, -0.1) is 0 Å². The number of nitrogens with one attached hydrogen (secondary N) is 1. The predicted octanol–water partition coefficient (Wildman–Crippen LogP) is 3.63. The summed E-state index contributed by atoms with van der Waals surface area (Å²) in [6, 6.07) is 2.60. The fraction of sp³-hybridized carbons (Fsp3) is 0.368. The average Bonchev–Trinajstić information content (AvgIpc) is 3.11. The van der Waals surface area contributed by atoms with Crippen molar-refractivity contribution in [1.29, 1.82) is 0 Å². The number of H-pyrrole nitrogens is 1. The Kier molecular flexibility index (Phi) is 5.16. The number of aromatic hydroxyl groups is 1. The molecule has 166 valence electrons. The van der Waals surface area contributed by atoms with Crippen LogP contribution >= 0.6 is 0 Å². The molecule has 1 fully saturated rings. The molecule has 0 saturated carbocycles. The first kappa shape index (κ1) is 21.5. The number of benzene rings is 1. The third kappa shape index (κ3) is 4.09. The minimum Gasteiger partial charge on any atom is -0.505 e. The van der Waals surface area contributed by atoms with E-state index in [-0.39, 0.29) is 11.6 Å². The summed E-state index contributed by atoms with van der Waals surface area (Å²) >= 11 is 0. The summed E-state index contributed by atoms with van der Waals surface area (Å²) in [5, 5.41) is 16.6. The molecular formula is C19H18F4N4O3S. The van der Waals surface area contributed by atoms with Crippen molar-refractivity contribution in [3.05, 3.63) is 41.5 Å². The number of hydrogen-bond acceptors (Lipinski definition) is 5. The quantitative estimate of drug-likeness (QED) is 0.584. The van der Waals surface area contributed by atoms with E-state index in [1.165, 1.54) is 10.5 Å². The van der Waals surface area contributed by atoms with E-state index in [2.05, 4.69) is 15.2 Å². The fourth-order valence-electron chi connectivity index (χ4n) is 3.79. The maximum Gasteiger partial charge on any atom is 0.416 e. The lowest BCUT2D eigenvalue weighted by Gasteiger charge is -2.29. The van der Waals surface area contributed by atoms with Crippen molar-refractivity contribution in [3.8, 4) is 17.0 Å². The first-order valence-electron chi connectivity index (χ1n) is 9.34. The predicted molar refractivity (Wildman–Crippen MR) is 104 cm³/mol. The van der Waals surface area contributed by atoms with Crippen LogP contribution < -0.4 is 0 Å². The van der Waals surface area contributed by atoms with Gasteiger partial charge in [-0.1, -0.05) is 0 Å². The molecule has 0 amide bonds. The first-order chi connectivity index (χ1) is 14.4. The molecule has 31 heavy (non-hydrogen) atoms. The largest absolute Gasteiger partial charge is 0.505 e. The van der Waals surface area contributed by atoms with Crippen LogP contribution in [0.5, 0.6) is 5.75 Å². The van der Waals surface area contributed by atoms with Crippen molar-refractivity contribution in [2.45, 2.75) is 24.9 Å². The van der Waals surface area contributed by atoms with Crippen LogP contribution in [0.25, 0.3) is 22.2 Å². The Balaban J connectivity index is 1.67. The smallest absolute Gasteiger partial charge is 0.416 e. The Hall–Kier alpha value is -2.73. The summed E-state index contributed by atoms with van der Waals surface area (Å²) in [5.41, 5.74) is -0.653. The molecular weight excluding hydrogens is 440 g/mol. The number of phenols is 1. The Morgan fingerprint density at radius 2 is 1.87 bits per heavy atom. The summed E-state index contributed by atoms with van der Waals surface area (Å²) in [6.07, 6.45) is -1.07. The number of rotatable bonds is 3. The van der Waals surface area contributed by atoms with Crippen LogP contribution in [0.1, 0.15) is 30.0 Å². The van der Waals surface area contributed by atoms with E-state index in [0.717, 1.165) is 6.26 Å². The number of pyridine rings is 1. The fourth-order valence-corrected chi connectivity index (χ4v) is 4.66. The summed E-state index contributed by atoms with van der Waals surface area (Å²) in [4.78, 5) is 4.36. The SMILES string of the molecule is CS(=O)(=O)N1CCC(c2cc3[nH]nc(-c4cc(C(F)(F)F)cc(O)c4F)c3cn2)CC1. The number of phenolic OH excluding ortho intramolecular Hbond substituents is 1. The van der Waals surface area contributed by atoms with Gasteiger partial charge in [0, 0.05) is 41.8 Å². The van der Waals surface area contributed by atoms with Gasteiger partial charge in [0.2, 0.25) is 10.0 Å². The lowest BCUT2D eigenvalue weighted by atomic mass is 9.93. The Labute approximate surface area is 174 Å². The molecule has 2 N–H and O–H groups in total. The number of nitrogens with zero attached hydrogens (tertiary/aromatic N) is 3. The Morgan fingerprint density at radius 1 is 1.19 bits per heavy atom. The summed E-state index contributed by atoms with van der Waals surface area (Å²) in [5.74, 6) is -2.33. The van der Waals surface area contributed by atoms with Crippen LogP contribution in [-0.2, 0) is 16.2 Å². The van der Waals surface area contributed by atoms with E-state index in [4.69, 9.17) is 0 Å². The highest BCUT2D eigenvalue weighted by molar-refractivity contribution is 7.88. The highest BCUT2D eigenvalue weighted by Crippen LogP contribution is 2.39. The molecule has 2 aromatic heterocycles. The van der Waals surface area contributed by atoms with E-state index in [9.17, 15) is 31.1 Å². The normalized spacial score (nSPS) is 16.8. The summed E-state index contributed by atoms with van der Waals surface area (Å²) in [6.45, 7) is 0.734. The van der Waals surface area contributed by atoms with Crippen molar-refractivity contribution >= 4 is 20.9 Å². The minimum absolute atomic E-state index is 0.00323. The van der Waals surface area contributed by atoms with Gasteiger partial charge < -0.3 is 5.11 Å². The molecule has 0 aliphatic carbocycles. The van der Waals surface area contributed by atoms with E-state index in [1.807, 2.05) is 0 Å². The van der Waals surface area contributed by atoms with E-state index < -0.39 is 38.9 Å². The lowest BCUT2D eigenvalue weighted by Crippen LogP contribution is -2.37. The number of aromatic nitrogens is 3. The third-order valence-electron chi connectivity index (χ3n) is 5.45. The van der Waals surface area contributed by atoms with Crippen molar-refractivity contribution in [1.82, 2.24) is 19.5 Å². The topological polar surface area (TPSA) is 99.2 Å². The summed E-state index contributed by atoms with van der Waals surface area (Å²) < 4.78 is 78.4. The third-order valence-corrected chi connectivity index (χ3v) is 6.75. The van der Waals surface area contributed by atoms with Crippen molar-refractivity contribution in [2.75, 3.05) is 19.3 Å².